The molecule has 0 heterocycles. The molecule has 0 saturated carbocycles. The van der Waals surface area contributed by atoms with E-state index in [-0.39, 0.29) is 36.1 Å². The Kier molecular flexibility index (Phi) is 17.7. The van der Waals surface area contributed by atoms with E-state index in [1.54, 1.807) is 18.2 Å². The largest absolute Gasteiger partial charge is 0.491 e. The first-order valence-corrected chi connectivity index (χ1v) is 15.8. The van der Waals surface area contributed by atoms with Gasteiger partial charge in [-0.2, -0.15) is 0 Å². The number of carbonyl (C=O) groups is 4. The summed E-state index contributed by atoms with van der Waals surface area (Å²) in [6.45, 7) is 2.07. The van der Waals surface area contributed by atoms with Gasteiger partial charge in [0, 0.05) is 18.2 Å². The van der Waals surface area contributed by atoms with E-state index in [1.165, 1.54) is 94.5 Å². The fourth-order valence-corrected chi connectivity index (χ4v) is 4.65. The van der Waals surface area contributed by atoms with Gasteiger partial charge in [0.05, 0.1) is 18.7 Å². The van der Waals surface area contributed by atoms with Gasteiger partial charge >= 0.3 is 11.9 Å². The van der Waals surface area contributed by atoms with Crippen molar-refractivity contribution in [2.24, 2.45) is 0 Å². The Morgan fingerprint density at radius 1 is 0.727 bits per heavy atom. The summed E-state index contributed by atoms with van der Waals surface area (Å²) in [5.41, 5.74) is 0.515. The Morgan fingerprint density at radius 3 is 1.89 bits per heavy atom. The maximum Gasteiger partial charge on any atom is 0.354 e. The van der Waals surface area contributed by atoms with Crippen molar-refractivity contribution < 1.29 is 38.9 Å². The first-order chi connectivity index (χ1) is 21.3. The van der Waals surface area contributed by atoms with Gasteiger partial charge in [-0.1, -0.05) is 102 Å². The number of unbranched alkanes of at least 4 members (excludes halogenated alkanes) is 12. The lowest BCUT2D eigenvalue weighted by molar-refractivity contribution is -0.149. The highest BCUT2D eigenvalue weighted by Gasteiger charge is 2.29. The van der Waals surface area contributed by atoms with Crippen LogP contribution in [0.25, 0.3) is 0 Å². The maximum atomic E-state index is 12.7. The third-order valence-electron chi connectivity index (χ3n) is 7.06. The molecule has 10 nitrogen and oxygen atoms in total. The molecule has 0 saturated heterocycles. The van der Waals surface area contributed by atoms with Crippen LogP contribution in [0, 0.1) is 0 Å². The van der Waals surface area contributed by atoms with Crippen LogP contribution >= 0.6 is 0 Å². The fraction of sp³-hybridized carbons (Fsp3) is 0.529. The lowest BCUT2D eigenvalue weighted by atomic mass is 10.0. The molecule has 0 aliphatic heterocycles. The number of aliphatic carboxylic acids is 2. The predicted molar refractivity (Wildman–Crippen MR) is 170 cm³/mol. The minimum atomic E-state index is -1.81. The smallest absolute Gasteiger partial charge is 0.354 e. The van der Waals surface area contributed by atoms with Crippen LogP contribution in [0.1, 0.15) is 103 Å². The van der Waals surface area contributed by atoms with Crippen molar-refractivity contribution in [3.05, 3.63) is 48.5 Å². The molecular weight excluding hydrogens is 564 g/mol. The number of carboxylic acid groups (broad SMARTS) is 2. The Labute approximate surface area is 260 Å². The molecule has 44 heavy (non-hydrogen) atoms. The second-order valence-electron chi connectivity index (χ2n) is 10.9. The number of benzene rings is 2. The lowest BCUT2D eigenvalue weighted by Crippen LogP contribution is -2.39. The molecule has 0 aromatic heterocycles. The summed E-state index contributed by atoms with van der Waals surface area (Å²) in [6, 6.07) is 12.5. The van der Waals surface area contributed by atoms with Crippen molar-refractivity contribution in [1.82, 2.24) is 0 Å². The van der Waals surface area contributed by atoms with E-state index in [0.717, 1.165) is 19.3 Å². The molecule has 2 aromatic carbocycles. The van der Waals surface area contributed by atoms with Crippen LogP contribution in [-0.2, 0) is 19.2 Å². The van der Waals surface area contributed by atoms with Crippen LogP contribution in [0.2, 0.25) is 0 Å². The molecule has 4 N–H and O–H groups in total. The maximum absolute atomic E-state index is 12.7. The number of anilines is 2. The topological polar surface area (TPSA) is 151 Å². The Bertz CT molecular complexity index is 1160. The number of carboxylic acids is 2. The quantitative estimate of drug-likeness (QED) is 0.0706. The summed E-state index contributed by atoms with van der Waals surface area (Å²) in [7, 11) is 0. The molecule has 0 fully saturated rings. The van der Waals surface area contributed by atoms with Gasteiger partial charge in [0.25, 0.3) is 12.0 Å². The molecule has 0 radical (unpaired) electrons. The number of para-hydroxylation sites is 1. The Morgan fingerprint density at radius 2 is 1.32 bits per heavy atom. The molecule has 242 valence electrons. The van der Waals surface area contributed by atoms with Crippen molar-refractivity contribution in [2.45, 2.75) is 109 Å². The molecule has 10 heteroatoms. The Hall–Kier alpha value is -4.08. The summed E-state index contributed by atoms with van der Waals surface area (Å²) in [5, 5.41) is 23.8. The summed E-state index contributed by atoms with van der Waals surface area (Å²) in [4.78, 5) is 48.1. The van der Waals surface area contributed by atoms with Gasteiger partial charge in [-0.15, -0.1) is 0 Å². The van der Waals surface area contributed by atoms with Gasteiger partial charge in [0.1, 0.15) is 11.5 Å². The predicted octanol–water partition coefficient (Wildman–Crippen LogP) is 7.43. The van der Waals surface area contributed by atoms with E-state index < -0.39 is 23.9 Å². The van der Waals surface area contributed by atoms with Crippen molar-refractivity contribution in [3.63, 3.8) is 0 Å². The van der Waals surface area contributed by atoms with Crippen molar-refractivity contribution in [2.75, 3.05) is 17.2 Å². The number of hydrogen-bond acceptors (Lipinski definition) is 6. The van der Waals surface area contributed by atoms with Crippen LogP contribution in [0.5, 0.6) is 11.5 Å². The van der Waals surface area contributed by atoms with Gasteiger partial charge in [0.2, 0.25) is 5.91 Å². The molecule has 1 unspecified atom stereocenters. The summed E-state index contributed by atoms with van der Waals surface area (Å²) in [6.07, 6.45) is 14.0. The number of ether oxygens (including phenoxy) is 2. The SMILES string of the molecule is CCCCCCCCCCCCCCCC(=O)Nc1ccc(NC(=O)C(Oc2ccccc2)C(=O)O)cc1OCCC(=O)O. The number of nitrogens with one attached hydrogen (secondary N) is 2. The van der Waals surface area contributed by atoms with E-state index in [4.69, 9.17) is 14.6 Å². The highest BCUT2D eigenvalue weighted by Crippen LogP contribution is 2.29. The third-order valence-corrected chi connectivity index (χ3v) is 7.06. The minimum absolute atomic E-state index is 0.151. The molecule has 0 spiro atoms. The fourth-order valence-electron chi connectivity index (χ4n) is 4.65. The van der Waals surface area contributed by atoms with Crippen molar-refractivity contribution in [3.8, 4) is 11.5 Å². The van der Waals surface area contributed by atoms with Crippen molar-refractivity contribution in [1.29, 1.82) is 0 Å². The molecule has 0 aliphatic carbocycles. The van der Waals surface area contributed by atoms with Crippen LogP contribution in [0.4, 0.5) is 11.4 Å². The number of carbonyl (C=O) groups excluding carboxylic acids is 2. The van der Waals surface area contributed by atoms with E-state index >= 15 is 0 Å². The van der Waals surface area contributed by atoms with Gasteiger partial charge in [-0.25, -0.2) is 4.79 Å². The third kappa shape index (κ3) is 15.4. The molecule has 0 aliphatic rings. The van der Waals surface area contributed by atoms with Gasteiger partial charge in [-0.3, -0.25) is 14.4 Å². The van der Waals surface area contributed by atoms with Crippen LogP contribution in [0.15, 0.2) is 48.5 Å². The first kappa shape index (κ1) is 36.1. The number of rotatable bonds is 24. The second-order valence-corrected chi connectivity index (χ2v) is 10.9. The summed E-state index contributed by atoms with van der Waals surface area (Å²) < 4.78 is 10.9. The molecule has 2 amide bonds. The lowest BCUT2D eigenvalue weighted by Gasteiger charge is -2.17. The number of hydrogen-bond donors (Lipinski definition) is 4. The average Bonchev–Trinajstić information content (AvgIpc) is 2.99. The van der Waals surface area contributed by atoms with E-state index in [1.807, 2.05) is 0 Å². The molecule has 1 atom stereocenters. The second kappa shape index (κ2) is 21.6. The van der Waals surface area contributed by atoms with E-state index in [0.29, 0.717) is 12.1 Å². The standard InChI is InChI=1S/C34H48N2O8/c1-2-3-4-5-6-7-8-9-10-11-12-13-17-20-30(37)36-28-22-21-26(25-29(28)43-24-23-31(38)39)35-33(40)32(34(41)42)44-27-18-15-14-16-19-27/h14-16,18-19,21-22,25,32H,2-13,17,20,23-24H2,1H3,(H,35,40)(H,36,37)(H,38,39)(H,41,42). The highest BCUT2D eigenvalue weighted by atomic mass is 16.5. The van der Waals surface area contributed by atoms with Gasteiger partial charge in [0.15, 0.2) is 0 Å². The first-order valence-electron chi connectivity index (χ1n) is 15.8. The van der Waals surface area contributed by atoms with Crippen LogP contribution < -0.4 is 20.1 Å². The average molecular weight is 613 g/mol. The molecule has 2 rings (SSSR count). The zero-order chi connectivity index (χ0) is 32.0. The van der Waals surface area contributed by atoms with Gasteiger partial charge in [-0.05, 0) is 30.7 Å². The summed E-state index contributed by atoms with van der Waals surface area (Å²) in [5.74, 6) is -3.27. The van der Waals surface area contributed by atoms with E-state index in [9.17, 15) is 24.3 Å². The molecule has 0 bridgehead atoms. The zero-order valence-electron chi connectivity index (χ0n) is 25.9. The summed E-state index contributed by atoms with van der Waals surface area (Å²) >= 11 is 0. The molecular formula is C34H48N2O8. The van der Waals surface area contributed by atoms with Crippen LogP contribution in [-0.4, -0.2) is 46.7 Å². The molecule has 2 aromatic rings. The van der Waals surface area contributed by atoms with Crippen molar-refractivity contribution >= 4 is 35.1 Å². The van der Waals surface area contributed by atoms with E-state index in [2.05, 4.69) is 17.6 Å². The monoisotopic (exact) mass is 612 g/mol. The van der Waals surface area contributed by atoms with Gasteiger partial charge < -0.3 is 30.3 Å². The normalized spacial score (nSPS) is 11.4. The Balaban J connectivity index is 1.83. The highest BCUT2D eigenvalue weighted by molar-refractivity contribution is 6.07. The zero-order valence-corrected chi connectivity index (χ0v) is 25.9. The number of amides is 2. The van der Waals surface area contributed by atoms with Crippen LogP contribution in [0.3, 0.4) is 0 Å². The minimum Gasteiger partial charge on any atom is -0.491 e.